The molecule has 0 N–H and O–H groups in total. The molecule has 0 radical (unpaired) electrons. The first-order valence-electron chi connectivity index (χ1n) is 5.22. The van der Waals surface area contributed by atoms with Crippen LogP contribution >= 0.6 is 0 Å². The molecule has 0 saturated carbocycles. The Morgan fingerprint density at radius 1 is 1.47 bits per heavy atom. The van der Waals surface area contributed by atoms with Crippen molar-refractivity contribution in [2.45, 2.75) is 18.6 Å². The molecule has 0 fully saturated rings. The first kappa shape index (κ1) is 13.6. The van der Waals surface area contributed by atoms with Crippen LogP contribution in [0.15, 0.2) is 24.5 Å². The Bertz CT molecular complexity index is 493. The normalized spacial score (nSPS) is 13.3. The van der Waals surface area contributed by atoms with Crippen LogP contribution in [0.3, 0.4) is 0 Å². The van der Waals surface area contributed by atoms with Crippen LogP contribution in [0.4, 0.5) is 0 Å². The van der Waals surface area contributed by atoms with Crippen molar-refractivity contribution in [3.8, 4) is 6.07 Å². The highest BCUT2D eigenvalue weighted by Crippen LogP contribution is 2.07. The number of hydrogen-bond acceptors (Lipinski definition) is 4. The molecule has 1 unspecified atom stereocenters. The molecule has 1 heterocycles. The van der Waals surface area contributed by atoms with Crippen LogP contribution in [0.5, 0.6) is 0 Å². The Morgan fingerprint density at radius 3 is 2.59 bits per heavy atom. The molecule has 1 aromatic heterocycles. The van der Waals surface area contributed by atoms with Crippen molar-refractivity contribution in [1.82, 2.24) is 9.29 Å². The predicted octanol–water partition coefficient (Wildman–Crippen LogP) is 0.798. The summed E-state index contributed by atoms with van der Waals surface area (Å²) in [6.45, 7) is 1.75. The van der Waals surface area contributed by atoms with Gasteiger partial charge in [-0.15, -0.1) is 0 Å². The summed E-state index contributed by atoms with van der Waals surface area (Å²) in [5.41, 5.74) is 1.02. The van der Waals surface area contributed by atoms with E-state index in [0.29, 0.717) is 13.0 Å². The van der Waals surface area contributed by atoms with Crippen LogP contribution < -0.4 is 0 Å². The third-order valence-electron chi connectivity index (χ3n) is 2.53. The zero-order chi connectivity index (χ0) is 12.9. The highest BCUT2D eigenvalue weighted by molar-refractivity contribution is 7.89. The van der Waals surface area contributed by atoms with Crippen LogP contribution in [0, 0.1) is 11.3 Å². The molecule has 92 valence electrons. The minimum absolute atomic E-state index is 0.359. The second-order valence-corrected chi connectivity index (χ2v) is 6.10. The molecule has 1 rings (SSSR count). The van der Waals surface area contributed by atoms with E-state index in [1.807, 2.05) is 12.1 Å². The van der Waals surface area contributed by atoms with Crippen LogP contribution in [0.2, 0.25) is 0 Å². The standard InChI is InChI=1S/C11H15N3O2S/c1-10(9-12)17(15,16)14(2)8-5-11-3-6-13-7-4-11/h3-4,6-7,10H,5,8H2,1-2H3. The number of nitrogens with zero attached hydrogens (tertiary/aromatic N) is 3. The molecule has 0 amide bonds. The molecule has 0 aliphatic rings. The van der Waals surface area contributed by atoms with Crippen molar-refractivity contribution in [1.29, 1.82) is 5.26 Å². The van der Waals surface area contributed by atoms with Gasteiger partial charge >= 0.3 is 0 Å². The quantitative estimate of drug-likeness (QED) is 0.778. The highest BCUT2D eigenvalue weighted by atomic mass is 32.2. The van der Waals surface area contributed by atoms with E-state index in [2.05, 4.69) is 4.98 Å². The fraction of sp³-hybridized carbons (Fsp3) is 0.455. The Balaban J connectivity index is 2.63. The van der Waals surface area contributed by atoms with Gasteiger partial charge in [-0.2, -0.15) is 5.26 Å². The molecule has 1 atom stereocenters. The molecule has 0 aromatic carbocycles. The summed E-state index contributed by atoms with van der Waals surface area (Å²) in [6, 6.07) is 5.43. The third-order valence-corrected chi connectivity index (χ3v) is 4.58. The van der Waals surface area contributed by atoms with E-state index >= 15 is 0 Å². The lowest BCUT2D eigenvalue weighted by Gasteiger charge is -2.18. The summed E-state index contributed by atoms with van der Waals surface area (Å²) in [5, 5.41) is 7.63. The summed E-state index contributed by atoms with van der Waals surface area (Å²) < 4.78 is 24.8. The van der Waals surface area contributed by atoms with Crippen LogP contribution in [-0.4, -0.2) is 36.5 Å². The van der Waals surface area contributed by atoms with E-state index in [9.17, 15) is 8.42 Å². The van der Waals surface area contributed by atoms with Gasteiger partial charge in [-0.1, -0.05) is 0 Å². The highest BCUT2D eigenvalue weighted by Gasteiger charge is 2.25. The Labute approximate surface area is 102 Å². The lowest BCUT2D eigenvalue weighted by atomic mass is 10.2. The number of nitriles is 1. The predicted molar refractivity (Wildman–Crippen MR) is 64.6 cm³/mol. The van der Waals surface area contributed by atoms with E-state index in [1.54, 1.807) is 18.5 Å². The van der Waals surface area contributed by atoms with Gasteiger partial charge in [0.2, 0.25) is 10.0 Å². The zero-order valence-corrected chi connectivity index (χ0v) is 10.7. The van der Waals surface area contributed by atoms with Crippen molar-refractivity contribution in [3.63, 3.8) is 0 Å². The van der Waals surface area contributed by atoms with E-state index in [0.717, 1.165) is 5.56 Å². The fourth-order valence-corrected chi connectivity index (χ4v) is 2.32. The van der Waals surface area contributed by atoms with E-state index < -0.39 is 15.3 Å². The fourth-order valence-electron chi connectivity index (χ4n) is 1.30. The molecule has 1 aromatic rings. The van der Waals surface area contributed by atoms with Gasteiger partial charge in [0.1, 0.15) is 0 Å². The van der Waals surface area contributed by atoms with Crippen molar-refractivity contribution in [2.75, 3.05) is 13.6 Å². The van der Waals surface area contributed by atoms with Crippen molar-refractivity contribution >= 4 is 10.0 Å². The molecular weight excluding hydrogens is 238 g/mol. The molecular formula is C11H15N3O2S. The molecule has 0 bridgehead atoms. The van der Waals surface area contributed by atoms with E-state index in [4.69, 9.17) is 5.26 Å². The van der Waals surface area contributed by atoms with Gasteiger partial charge in [-0.05, 0) is 31.0 Å². The summed E-state index contributed by atoms with van der Waals surface area (Å²) in [7, 11) is -2.01. The molecule has 6 heteroatoms. The monoisotopic (exact) mass is 253 g/mol. The number of likely N-dealkylation sites (N-methyl/N-ethyl adjacent to an activating group) is 1. The summed E-state index contributed by atoms with van der Waals surface area (Å²) in [4.78, 5) is 3.89. The molecule has 0 aliphatic carbocycles. The van der Waals surface area contributed by atoms with Gasteiger partial charge in [-0.3, -0.25) is 4.98 Å². The Hall–Kier alpha value is -1.45. The lowest BCUT2D eigenvalue weighted by Crippen LogP contribution is -2.35. The molecule has 17 heavy (non-hydrogen) atoms. The summed E-state index contributed by atoms with van der Waals surface area (Å²) in [5.74, 6) is 0. The Morgan fingerprint density at radius 2 is 2.06 bits per heavy atom. The number of pyridine rings is 1. The maximum atomic E-state index is 11.8. The van der Waals surface area contributed by atoms with Crippen molar-refractivity contribution < 1.29 is 8.42 Å². The molecule has 0 aliphatic heterocycles. The van der Waals surface area contributed by atoms with Crippen molar-refractivity contribution in [2.24, 2.45) is 0 Å². The average Bonchev–Trinajstić information content (AvgIpc) is 2.35. The topological polar surface area (TPSA) is 74.1 Å². The number of sulfonamides is 1. The minimum Gasteiger partial charge on any atom is -0.265 e. The largest absolute Gasteiger partial charge is 0.265 e. The van der Waals surface area contributed by atoms with Gasteiger partial charge in [0.25, 0.3) is 0 Å². The molecule has 5 nitrogen and oxygen atoms in total. The maximum Gasteiger partial charge on any atom is 0.229 e. The number of hydrogen-bond donors (Lipinski definition) is 0. The van der Waals surface area contributed by atoms with Crippen molar-refractivity contribution in [3.05, 3.63) is 30.1 Å². The second kappa shape index (κ2) is 5.75. The maximum absolute atomic E-state index is 11.8. The molecule has 0 saturated heterocycles. The van der Waals surface area contributed by atoms with Crippen LogP contribution in [0.25, 0.3) is 0 Å². The summed E-state index contributed by atoms with van der Waals surface area (Å²) >= 11 is 0. The Kier molecular flexibility index (Phi) is 4.61. The van der Waals surface area contributed by atoms with Gasteiger partial charge in [0, 0.05) is 26.0 Å². The SMILES string of the molecule is CC(C#N)S(=O)(=O)N(C)CCc1ccncc1. The minimum atomic E-state index is -3.50. The zero-order valence-electron chi connectivity index (χ0n) is 9.87. The van der Waals surface area contributed by atoms with E-state index in [-0.39, 0.29) is 0 Å². The smallest absolute Gasteiger partial charge is 0.229 e. The van der Waals surface area contributed by atoms with Gasteiger partial charge < -0.3 is 0 Å². The lowest BCUT2D eigenvalue weighted by molar-refractivity contribution is 0.469. The van der Waals surface area contributed by atoms with Gasteiger partial charge in [0.05, 0.1) is 6.07 Å². The van der Waals surface area contributed by atoms with Gasteiger partial charge in [0.15, 0.2) is 5.25 Å². The van der Waals surface area contributed by atoms with Crippen LogP contribution in [0.1, 0.15) is 12.5 Å². The first-order chi connectivity index (χ1) is 7.98. The first-order valence-corrected chi connectivity index (χ1v) is 6.72. The summed E-state index contributed by atoms with van der Waals surface area (Å²) in [6.07, 6.45) is 3.94. The number of rotatable bonds is 5. The van der Waals surface area contributed by atoms with Crippen LogP contribution in [-0.2, 0) is 16.4 Å². The van der Waals surface area contributed by atoms with E-state index in [1.165, 1.54) is 18.3 Å². The number of aromatic nitrogens is 1. The second-order valence-electron chi connectivity index (χ2n) is 3.74. The average molecular weight is 253 g/mol. The van der Waals surface area contributed by atoms with Gasteiger partial charge in [-0.25, -0.2) is 12.7 Å². The molecule has 0 spiro atoms. The third kappa shape index (κ3) is 3.51.